The van der Waals surface area contributed by atoms with Crippen LogP contribution in [0.15, 0.2) is 29.6 Å². The van der Waals surface area contributed by atoms with Crippen LogP contribution in [-0.4, -0.2) is 10.2 Å². The number of phenols is 2. The summed E-state index contributed by atoms with van der Waals surface area (Å²) < 4.78 is 0.648. The normalized spacial score (nSPS) is 10.4. The molecule has 2 aromatic rings. The first-order chi connectivity index (χ1) is 6.66. The molecule has 72 valence electrons. The first kappa shape index (κ1) is 9.37. The Morgan fingerprint density at radius 1 is 1.07 bits per heavy atom. The highest BCUT2D eigenvalue weighted by atomic mass is 35.5. The summed E-state index contributed by atoms with van der Waals surface area (Å²) in [6.07, 6.45) is 0. The van der Waals surface area contributed by atoms with Crippen molar-refractivity contribution in [1.82, 2.24) is 0 Å². The fraction of sp³-hybridized carbons (Fsp3) is 0. The number of aromatic hydroxyl groups is 2. The van der Waals surface area contributed by atoms with Gasteiger partial charge in [-0.1, -0.05) is 11.6 Å². The van der Waals surface area contributed by atoms with Gasteiger partial charge in [0.2, 0.25) is 0 Å². The minimum atomic E-state index is 0.0299. The molecule has 0 fully saturated rings. The van der Waals surface area contributed by atoms with E-state index in [9.17, 15) is 10.2 Å². The molecule has 0 amide bonds. The van der Waals surface area contributed by atoms with Gasteiger partial charge in [-0.3, -0.25) is 0 Å². The highest BCUT2D eigenvalue weighted by molar-refractivity contribution is 7.15. The van der Waals surface area contributed by atoms with Gasteiger partial charge in [0.15, 0.2) is 0 Å². The molecule has 1 aromatic heterocycles. The van der Waals surface area contributed by atoms with Crippen LogP contribution in [0.1, 0.15) is 0 Å². The molecule has 14 heavy (non-hydrogen) atoms. The second-order valence-corrected chi connectivity index (χ2v) is 4.36. The molecule has 0 spiro atoms. The molecule has 0 aliphatic heterocycles. The molecule has 1 heterocycles. The lowest BCUT2D eigenvalue weighted by atomic mass is 10.1. The summed E-state index contributed by atoms with van der Waals surface area (Å²) in [6.45, 7) is 0. The summed E-state index contributed by atoms with van der Waals surface area (Å²) in [6, 6.07) is 6.26. The Kier molecular flexibility index (Phi) is 2.35. The van der Waals surface area contributed by atoms with E-state index in [0.29, 0.717) is 9.90 Å². The van der Waals surface area contributed by atoms with E-state index in [1.807, 2.05) is 11.4 Å². The second kappa shape index (κ2) is 3.52. The average molecular weight is 227 g/mol. The quantitative estimate of drug-likeness (QED) is 0.782. The fourth-order valence-corrected chi connectivity index (χ4v) is 2.21. The van der Waals surface area contributed by atoms with Gasteiger partial charge >= 0.3 is 0 Å². The summed E-state index contributed by atoms with van der Waals surface area (Å²) in [7, 11) is 0. The third kappa shape index (κ3) is 1.69. The number of benzene rings is 1. The van der Waals surface area contributed by atoms with Gasteiger partial charge in [0, 0.05) is 11.6 Å². The third-order valence-corrected chi connectivity index (χ3v) is 3.00. The molecule has 0 atom stereocenters. The first-order valence-electron chi connectivity index (χ1n) is 3.93. The number of halogens is 1. The predicted molar refractivity (Wildman–Crippen MR) is 58.1 cm³/mol. The van der Waals surface area contributed by atoms with Gasteiger partial charge in [-0.2, -0.15) is 0 Å². The maximum atomic E-state index is 9.28. The van der Waals surface area contributed by atoms with E-state index in [2.05, 4.69) is 0 Å². The predicted octanol–water partition coefficient (Wildman–Crippen LogP) is 3.48. The van der Waals surface area contributed by atoms with Crippen molar-refractivity contribution in [1.29, 1.82) is 0 Å². The molecule has 0 aliphatic rings. The molecule has 2 nitrogen and oxygen atoms in total. The van der Waals surface area contributed by atoms with Crippen LogP contribution in [0.2, 0.25) is 4.34 Å². The van der Waals surface area contributed by atoms with Crippen molar-refractivity contribution in [3.05, 3.63) is 34.0 Å². The Balaban J connectivity index is 2.57. The van der Waals surface area contributed by atoms with Crippen LogP contribution in [0.3, 0.4) is 0 Å². The fourth-order valence-electron chi connectivity index (χ4n) is 1.25. The number of rotatable bonds is 1. The molecule has 0 unspecified atom stereocenters. The Hall–Kier alpha value is -1.19. The molecule has 2 rings (SSSR count). The summed E-state index contributed by atoms with van der Waals surface area (Å²) in [5.74, 6) is 0.0598. The van der Waals surface area contributed by atoms with Crippen molar-refractivity contribution in [2.24, 2.45) is 0 Å². The zero-order valence-electron chi connectivity index (χ0n) is 7.07. The summed E-state index contributed by atoms with van der Waals surface area (Å²) in [5, 5.41) is 20.4. The van der Waals surface area contributed by atoms with Gasteiger partial charge in [-0.05, 0) is 29.1 Å². The maximum absolute atomic E-state index is 9.28. The topological polar surface area (TPSA) is 40.5 Å². The summed E-state index contributed by atoms with van der Waals surface area (Å²) in [5.41, 5.74) is 1.54. The minimum Gasteiger partial charge on any atom is -0.508 e. The van der Waals surface area contributed by atoms with Crippen molar-refractivity contribution in [3.8, 4) is 22.6 Å². The molecular weight excluding hydrogens is 220 g/mol. The van der Waals surface area contributed by atoms with E-state index in [1.165, 1.54) is 17.4 Å². The van der Waals surface area contributed by atoms with Crippen LogP contribution < -0.4 is 0 Å². The lowest BCUT2D eigenvalue weighted by Gasteiger charge is -2.01. The zero-order chi connectivity index (χ0) is 10.1. The molecule has 4 heteroatoms. The van der Waals surface area contributed by atoms with E-state index in [-0.39, 0.29) is 11.5 Å². The van der Waals surface area contributed by atoms with Gasteiger partial charge in [0.25, 0.3) is 0 Å². The monoisotopic (exact) mass is 226 g/mol. The van der Waals surface area contributed by atoms with E-state index >= 15 is 0 Å². The SMILES string of the molecule is Oc1cc(O)cc(-c2ccsc2Cl)c1. The summed E-state index contributed by atoms with van der Waals surface area (Å²) in [4.78, 5) is 0. The highest BCUT2D eigenvalue weighted by Crippen LogP contribution is 2.35. The largest absolute Gasteiger partial charge is 0.508 e. The molecule has 0 bridgehead atoms. The van der Waals surface area contributed by atoms with Crippen LogP contribution in [0.4, 0.5) is 0 Å². The van der Waals surface area contributed by atoms with Crippen molar-refractivity contribution in [2.45, 2.75) is 0 Å². The number of thiophene rings is 1. The molecule has 2 N–H and O–H groups in total. The van der Waals surface area contributed by atoms with Crippen molar-refractivity contribution in [2.75, 3.05) is 0 Å². The Morgan fingerprint density at radius 3 is 2.21 bits per heavy atom. The van der Waals surface area contributed by atoms with E-state index in [4.69, 9.17) is 11.6 Å². The minimum absolute atomic E-state index is 0.0299. The highest BCUT2D eigenvalue weighted by Gasteiger charge is 2.06. The van der Waals surface area contributed by atoms with Crippen LogP contribution in [0.25, 0.3) is 11.1 Å². The van der Waals surface area contributed by atoms with Crippen molar-refractivity contribution in [3.63, 3.8) is 0 Å². The van der Waals surface area contributed by atoms with Crippen LogP contribution in [-0.2, 0) is 0 Å². The van der Waals surface area contributed by atoms with E-state index in [0.717, 1.165) is 5.56 Å². The first-order valence-corrected chi connectivity index (χ1v) is 5.19. The van der Waals surface area contributed by atoms with Crippen LogP contribution in [0, 0.1) is 0 Å². The van der Waals surface area contributed by atoms with E-state index in [1.54, 1.807) is 12.1 Å². The summed E-state index contributed by atoms with van der Waals surface area (Å²) >= 11 is 7.35. The third-order valence-electron chi connectivity index (χ3n) is 1.83. The molecule has 0 radical (unpaired) electrons. The number of hydrogen-bond acceptors (Lipinski definition) is 3. The van der Waals surface area contributed by atoms with Gasteiger partial charge in [0.1, 0.15) is 15.8 Å². The molecule has 0 saturated heterocycles. The molecule has 1 aromatic carbocycles. The average Bonchev–Trinajstić information content (AvgIpc) is 2.49. The Labute approximate surface area is 90.0 Å². The zero-order valence-corrected chi connectivity index (χ0v) is 8.64. The smallest absolute Gasteiger partial charge is 0.119 e. The van der Waals surface area contributed by atoms with Gasteiger partial charge in [0.05, 0.1) is 0 Å². The Morgan fingerprint density at radius 2 is 1.71 bits per heavy atom. The lowest BCUT2D eigenvalue weighted by Crippen LogP contribution is -1.75. The maximum Gasteiger partial charge on any atom is 0.119 e. The van der Waals surface area contributed by atoms with E-state index < -0.39 is 0 Å². The molecular formula is C10H7ClO2S. The van der Waals surface area contributed by atoms with Crippen LogP contribution in [0.5, 0.6) is 11.5 Å². The van der Waals surface area contributed by atoms with Gasteiger partial charge in [-0.25, -0.2) is 0 Å². The number of hydrogen-bond donors (Lipinski definition) is 2. The standard InChI is InChI=1S/C10H7ClO2S/c11-10-9(1-2-14-10)6-3-7(12)5-8(13)4-6/h1-5,12-13H. The van der Waals surface area contributed by atoms with Gasteiger partial charge in [-0.15, -0.1) is 11.3 Å². The van der Waals surface area contributed by atoms with Gasteiger partial charge < -0.3 is 10.2 Å². The molecule has 0 aliphatic carbocycles. The van der Waals surface area contributed by atoms with Crippen molar-refractivity contribution < 1.29 is 10.2 Å². The lowest BCUT2D eigenvalue weighted by molar-refractivity contribution is 0.451. The Bertz CT molecular complexity index is 445. The second-order valence-electron chi connectivity index (χ2n) is 2.85. The molecule has 0 saturated carbocycles. The van der Waals surface area contributed by atoms with Crippen molar-refractivity contribution >= 4 is 22.9 Å². The van der Waals surface area contributed by atoms with Crippen LogP contribution >= 0.6 is 22.9 Å². The number of phenolic OH excluding ortho intramolecular Hbond substituents is 2.